The van der Waals surface area contributed by atoms with Crippen molar-refractivity contribution in [3.05, 3.63) is 28.8 Å². The van der Waals surface area contributed by atoms with Gasteiger partial charge in [-0.15, -0.1) is 0 Å². The molecule has 6 nitrogen and oxygen atoms in total. The molecule has 0 spiro atoms. The Hall–Kier alpha value is -1.70. The van der Waals surface area contributed by atoms with Crippen molar-refractivity contribution in [3.8, 4) is 0 Å². The van der Waals surface area contributed by atoms with Crippen LogP contribution in [0.3, 0.4) is 0 Å². The highest BCUT2D eigenvalue weighted by atomic mass is 35.5. The fraction of sp³-hybridized carbons (Fsp3) is 0.619. The molecule has 8 heteroatoms. The molecule has 2 bridgehead atoms. The lowest BCUT2D eigenvalue weighted by Crippen LogP contribution is -2.57. The van der Waals surface area contributed by atoms with E-state index in [1.165, 1.54) is 12.1 Å². The lowest BCUT2D eigenvalue weighted by molar-refractivity contribution is -0.125. The van der Waals surface area contributed by atoms with Crippen LogP contribution >= 0.6 is 11.6 Å². The van der Waals surface area contributed by atoms with Gasteiger partial charge in [0, 0.05) is 43.7 Å². The number of imidazole rings is 1. The van der Waals surface area contributed by atoms with Crippen molar-refractivity contribution in [2.75, 3.05) is 26.2 Å². The number of halogens is 2. The standard InChI is InChI=1S/C21H29ClFN5O/c1-21(2,3)26-19(29)12-28-14-4-5-15(28)11-27(10-14)7-6-18-24-17-9-13(23)8-16(22)20(17)25-18/h8-9,14-15H,4-7,10-12H2,1-3H3,(H,24,25)(H,26,29). The fourth-order valence-corrected chi connectivity index (χ4v) is 4.87. The van der Waals surface area contributed by atoms with Crippen molar-refractivity contribution < 1.29 is 9.18 Å². The van der Waals surface area contributed by atoms with E-state index in [0.717, 1.165) is 44.7 Å². The summed E-state index contributed by atoms with van der Waals surface area (Å²) in [7, 11) is 0. The third-order valence-electron chi connectivity index (χ3n) is 5.77. The Labute approximate surface area is 175 Å². The molecule has 1 aromatic heterocycles. The maximum absolute atomic E-state index is 13.5. The number of aromatic amines is 1. The maximum Gasteiger partial charge on any atom is 0.234 e. The van der Waals surface area contributed by atoms with Gasteiger partial charge in [-0.05, 0) is 45.7 Å². The second-order valence-corrected chi connectivity index (χ2v) is 9.74. The van der Waals surface area contributed by atoms with Crippen LogP contribution in [0.4, 0.5) is 4.39 Å². The summed E-state index contributed by atoms with van der Waals surface area (Å²) < 4.78 is 13.5. The number of H-pyrrole nitrogens is 1. The number of piperazine rings is 1. The first kappa shape index (κ1) is 20.6. The van der Waals surface area contributed by atoms with E-state index in [9.17, 15) is 9.18 Å². The van der Waals surface area contributed by atoms with Gasteiger partial charge in [-0.2, -0.15) is 0 Å². The molecule has 29 heavy (non-hydrogen) atoms. The number of nitrogens with zero attached hydrogens (tertiary/aromatic N) is 3. The second kappa shape index (κ2) is 7.85. The Morgan fingerprint density at radius 1 is 1.31 bits per heavy atom. The minimum atomic E-state index is -0.360. The molecule has 2 aliphatic rings. The van der Waals surface area contributed by atoms with Gasteiger partial charge in [-0.25, -0.2) is 9.37 Å². The van der Waals surface area contributed by atoms with Crippen LogP contribution in [-0.4, -0.2) is 69.5 Å². The number of carbonyl (C=O) groups excluding carboxylic acids is 1. The Balaban J connectivity index is 1.34. The summed E-state index contributed by atoms with van der Waals surface area (Å²) in [5.41, 5.74) is 1.06. The summed E-state index contributed by atoms with van der Waals surface area (Å²) in [6.45, 7) is 9.33. The molecule has 158 valence electrons. The lowest BCUT2D eigenvalue weighted by Gasteiger charge is -2.41. The number of benzene rings is 1. The SMILES string of the molecule is CC(C)(C)NC(=O)CN1C2CCC1CN(CCc1nc3c(Cl)cc(F)cc3[nH]1)C2. The molecule has 2 unspecified atom stereocenters. The van der Waals surface area contributed by atoms with E-state index in [1.54, 1.807) is 0 Å². The quantitative estimate of drug-likeness (QED) is 0.779. The molecular formula is C21H29ClFN5O. The Bertz CT molecular complexity index is 894. The molecule has 2 saturated heterocycles. The molecule has 1 amide bonds. The monoisotopic (exact) mass is 421 g/mol. The minimum Gasteiger partial charge on any atom is -0.350 e. The van der Waals surface area contributed by atoms with Gasteiger partial charge in [0.05, 0.1) is 17.1 Å². The highest BCUT2D eigenvalue weighted by Crippen LogP contribution is 2.30. The van der Waals surface area contributed by atoms with E-state index in [2.05, 4.69) is 25.1 Å². The van der Waals surface area contributed by atoms with Gasteiger partial charge in [0.1, 0.15) is 17.2 Å². The summed E-state index contributed by atoms with van der Waals surface area (Å²) in [5.74, 6) is 0.571. The first-order valence-electron chi connectivity index (χ1n) is 10.3. The number of hydrogen-bond donors (Lipinski definition) is 2. The molecule has 2 N–H and O–H groups in total. The van der Waals surface area contributed by atoms with Crippen molar-refractivity contribution in [2.45, 2.75) is 57.7 Å². The van der Waals surface area contributed by atoms with Gasteiger partial charge in [0.15, 0.2) is 0 Å². The fourth-order valence-electron chi connectivity index (χ4n) is 4.62. The average molecular weight is 422 g/mol. The van der Waals surface area contributed by atoms with Crippen LogP contribution in [0.1, 0.15) is 39.4 Å². The van der Waals surface area contributed by atoms with E-state index in [-0.39, 0.29) is 17.3 Å². The van der Waals surface area contributed by atoms with Crippen molar-refractivity contribution in [3.63, 3.8) is 0 Å². The van der Waals surface area contributed by atoms with Crippen LogP contribution in [0, 0.1) is 5.82 Å². The van der Waals surface area contributed by atoms with Gasteiger partial charge in [0.2, 0.25) is 5.91 Å². The van der Waals surface area contributed by atoms with Crippen molar-refractivity contribution in [1.29, 1.82) is 0 Å². The van der Waals surface area contributed by atoms with Crippen LogP contribution in [0.15, 0.2) is 12.1 Å². The number of nitrogens with one attached hydrogen (secondary N) is 2. The topological polar surface area (TPSA) is 64.3 Å². The average Bonchev–Trinajstić information content (AvgIpc) is 3.09. The first-order valence-corrected chi connectivity index (χ1v) is 10.7. The molecule has 0 aliphatic carbocycles. The molecule has 0 radical (unpaired) electrons. The number of carbonyl (C=O) groups is 1. The number of likely N-dealkylation sites (tertiary alicyclic amines) is 1. The Morgan fingerprint density at radius 2 is 2.00 bits per heavy atom. The molecule has 3 heterocycles. The molecule has 2 fully saturated rings. The van der Waals surface area contributed by atoms with E-state index >= 15 is 0 Å². The molecular weight excluding hydrogens is 393 g/mol. The number of fused-ring (bicyclic) bond motifs is 3. The first-order chi connectivity index (χ1) is 13.7. The number of amides is 1. The maximum atomic E-state index is 13.5. The van der Waals surface area contributed by atoms with Gasteiger partial charge in [-0.3, -0.25) is 14.6 Å². The molecule has 4 rings (SSSR count). The van der Waals surface area contributed by atoms with Gasteiger partial charge in [-0.1, -0.05) is 11.6 Å². The molecule has 0 saturated carbocycles. The summed E-state index contributed by atoms with van der Waals surface area (Å²) in [4.78, 5) is 24.9. The third kappa shape index (κ3) is 4.73. The second-order valence-electron chi connectivity index (χ2n) is 9.33. The van der Waals surface area contributed by atoms with Crippen LogP contribution in [0.25, 0.3) is 11.0 Å². The highest BCUT2D eigenvalue weighted by Gasteiger charge is 2.40. The zero-order valence-electron chi connectivity index (χ0n) is 17.3. The molecule has 2 atom stereocenters. The van der Waals surface area contributed by atoms with Gasteiger partial charge >= 0.3 is 0 Å². The number of hydrogen-bond acceptors (Lipinski definition) is 4. The van der Waals surface area contributed by atoms with Crippen LogP contribution < -0.4 is 5.32 Å². The van der Waals surface area contributed by atoms with E-state index in [1.807, 2.05) is 20.8 Å². The Morgan fingerprint density at radius 3 is 2.66 bits per heavy atom. The molecule has 2 aromatic rings. The van der Waals surface area contributed by atoms with Crippen molar-refractivity contribution >= 4 is 28.5 Å². The largest absolute Gasteiger partial charge is 0.350 e. The van der Waals surface area contributed by atoms with Crippen LogP contribution in [0.5, 0.6) is 0 Å². The Kier molecular flexibility index (Phi) is 5.57. The van der Waals surface area contributed by atoms with Gasteiger partial charge < -0.3 is 10.3 Å². The molecule has 1 aromatic carbocycles. The lowest BCUT2D eigenvalue weighted by atomic mass is 10.1. The predicted molar refractivity (Wildman–Crippen MR) is 113 cm³/mol. The molecule has 2 aliphatic heterocycles. The van der Waals surface area contributed by atoms with E-state index < -0.39 is 0 Å². The van der Waals surface area contributed by atoms with Gasteiger partial charge in [0.25, 0.3) is 0 Å². The van der Waals surface area contributed by atoms with Crippen molar-refractivity contribution in [2.24, 2.45) is 0 Å². The summed E-state index contributed by atoms with van der Waals surface area (Å²) in [6.07, 6.45) is 3.05. The van der Waals surface area contributed by atoms with Crippen molar-refractivity contribution in [1.82, 2.24) is 25.1 Å². The third-order valence-corrected chi connectivity index (χ3v) is 6.06. The zero-order chi connectivity index (χ0) is 20.8. The smallest absolute Gasteiger partial charge is 0.234 e. The summed E-state index contributed by atoms with van der Waals surface area (Å²) in [5, 5.41) is 3.41. The van der Waals surface area contributed by atoms with E-state index in [4.69, 9.17) is 11.6 Å². The predicted octanol–water partition coefficient (Wildman–Crippen LogP) is 2.96. The summed E-state index contributed by atoms with van der Waals surface area (Å²) in [6, 6.07) is 3.58. The zero-order valence-corrected chi connectivity index (χ0v) is 18.0. The number of aromatic nitrogens is 2. The summed E-state index contributed by atoms with van der Waals surface area (Å²) >= 11 is 6.10. The minimum absolute atomic E-state index is 0.106. The van der Waals surface area contributed by atoms with E-state index in [0.29, 0.717) is 34.7 Å². The van der Waals surface area contributed by atoms with Crippen LogP contribution in [0.2, 0.25) is 5.02 Å². The number of rotatable bonds is 5. The van der Waals surface area contributed by atoms with Crippen LogP contribution in [-0.2, 0) is 11.2 Å². The normalized spacial score (nSPS) is 23.1. The highest BCUT2D eigenvalue weighted by molar-refractivity contribution is 6.34.